The average molecular weight is 378 g/mol. The molecule has 0 saturated heterocycles. The zero-order valence-corrected chi connectivity index (χ0v) is 15.5. The zero-order valence-electron chi connectivity index (χ0n) is 14.8. The molecule has 1 unspecified atom stereocenters. The average Bonchev–Trinajstić information content (AvgIpc) is 2.74. The second-order valence-electron chi connectivity index (χ2n) is 6.42. The van der Waals surface area contributed by atoms with Crippen molar-refractivity contribution >= 4 is 23.3 Å². The van der Waals surface area contributed by atoms with Crippen LogP contribution in [0.1, 0.15) is 30.0 Å². The van der Waals surface area contributed by atoms with Crippen LogP contribution in [0.5, 0.6) is 0 Å². The maximum atomic E-state index is 6.04. The van der Waals surface area contributed by atoms with E-state index >= 15 is 0 Å². The normalized spacial score (nSPS) is 20.8. The van der Waals surface area contributed by atoms with Crippen molar-refractivity contribution < 1.29 is 0 Å². The molecular weight excluding hydrogens is 358 g/mol. The van der Waals surface area contributed by atoms with Crippen LogP contribution in [0.2, 0.25) is 5.02 Å². The number of benzene rings is 1. The Kier molecular flexibility index (Phi) is 5.42. The van der Waals surface area contributed by atoms with Gasteiger partial charge >= 0.3 is 0 Å². The van der Waals surface area contributed by atoms with Gasteiger partial charge in [0, 0.05) is 23.0 Å². The molecular formula is C21H20ClN5. The summed E-state index contributed by atoms with van der Waals surface area (Å²) in [4.78, 5) is 13.7. The van der Waals surface area contributed by atoms with E-state index in [1.807, 2.05) is 36.4 Å². The van der Waals surface area contributed by atoms with E-state index in [0.717, 1.165) is 35.6 Å². The molecule has 0 radical (unpaired) electrons. The molecule has 136 valence electrons. The molecule has 1 atom stereocenters. The highest BCUT2D eigenvalue weighted by Gasteiger charge is 2.24. The van der Waals surface area contributed by atoms with Gasteiger partial charge in [0.2, 0.25) is 0 Å². The molecule has 2 aliphatic rings. The van der Waals surface area contributed by atoms with E-state index in [9.17, 15) is 0 Å². The van der Waals surface area contributed by atoms with Crippen LogP contribution < -0.4 is 10.9 Å². The number of hydrazine groups is 1. The predicted octanol–water partition coefficient (Wildman–Crippen LogP) is 4.01. The monoisotopic (exact) mass is 377 g/mol. The van der Waals surface area contributed by atoms with Gasteiger partial charge in [0.25, 0.3) is 0 Å². The number of halogens is 1. The Bertz CT molecular complexity index is 913. The number of pyridine rings is 1. The summed E-state index contributed by atoms with van der Waals surface area (Å²) in [5, 5.41) is 0.709. The molecule has 0 fully saturated rings. The highest BCUT2D eigenvalue weighted by Crippen LogP contribution is 2.21. The fourth-order valence-corrected chi connectivity index (χ4v) is 3.17. The number of allylic oxidation sites excluding steroid dienone is 3. The number of nitrogens with zero attached hydrogens (tertiary/aromatic N) is 3. The van der Waals surface area contributed by atoms with Crippen molar-refractivity contribution in [2.24, 2.45) is 9.98 Å². The summed E-state index contributed by atoms with van der Waals surface area (Å²) < 4.78 is 0. The summed E-state index contributed by atoms with van der Waals surface area (Å²) in [5.74, 6) is 1.48. The summed E-state index contributed by atoms with van der Waals surface area (Å²) >= 11 is 6.04. The summed E-state index contributed by atoms with van der Waals surface area (Å²) in [6.07, 6.45) is 12.0. The van der Waals surface area contributed by atoms with Gasteiger partial charge in [-0.1, -0.05) is 42.0 Å². The Morgan fingerprint density at radius 1 is 1.11 bits per heavy atom. The standard InChI is InChI=1S/C21H20ClN5/c22-18-8-6-16(7-9-18)19-21(24-14-15-4-2-1-3-5-15)25-20(27-26-19)17-10-12-23-13-11-17/h1-2,4,6-13,19,26H,3,5,14H2,(H,24,25,27). The molecule has 0 bridgehead atoms. The van der Waals surface area contributed by atoms with Gasteiger partial charge in [0.15, 0.2) is 0 Å². The van der Waals surface area contributed by atoms with E-state index in [4.69, 9.17) is 21.6 Å². The molecule has 1 aliphatic heterocycles. The lowest BCUT2D eigenvalue weighted by Gasteiger charge is -2.26. The third-order valence-electron chi connectivity index (χ3n) is 4.52. The van der Waals surface area contributed by atoms with Crippen LogP contribution >= 0.6 is 11.6 Å². The van der Waals surface area contributed by atoms with Crippen molar-refractivity contribution in [3.63, 3.8) is 0 Å². The number of nitrogens with one attached hydrogen (secondary N) is 2. The fraction of sp³-hybridized carbons (Fsp3) is 0.190. The minimum Gasteiger partial charge on any atom is -0.304 e. The topological polar surface area (TPSA) is 61.7 Å². The first-order valence-electron chi connectivity index (χ1n) is 8.94. The summed E-state index contributed by atoms with van der Waals surface area (Å²) in [6, 6.07) is 11.4. The van der Waals surface area contributed by atoms with E-state index in [2.05, 4.69) is 34.1 Å². The number of rotatable bonds is 4. The van der Waals surface area contributed by atoms with Gasteiger partial charge in [0.1, 0.15) is 17.7 Å². The molecule has 0 spiro atoms. The second kappa shape index (κ2) is 8.29. The SMILES string of the molecule is Clc1ccc(C2NNC(c3ccncc3)=NC2=NCC2=CC=CCC2)cc1. The Labute approximate surface area is 163 Å². The fourth-order valence-electron chi connectivity index (χ4n) is 3.04. The van der Waals surface area contributed by atoms with Gasteiger partial charge in [-0.05, 0) is 48.2 Å². The molecule has 1 aromatic carbocycles. The van der Waals surface area contributed by atoms with Crippen molar-refractivity contribution in [3.8, 4) is 0 Å². The molecule has 4 rings (SSSR count). The number of hydrogen-bond donors (Lipinski definition) is 2. The number of aromatic nitrogens is 1. The Balaban J connectivity index is 1.66. The Morgan fingerprint density at radius 2 is 1.93 bits per heavy atom. The van der Waals surface area contributed by atoms with E-state index < -0.39 is 0 Å². The predicted molar refractivity (Wildman–Crippen MR) is 110 cm³/mol. The van der Waals surface area contributed by atoms with Crippen LogP contribution in [-0.4, -0.2) is 23.2 Å². The van der Waals surface area contributed by atoms with E-state index in [1.165, 1.54) is 5.57 Å². The van der Waals surface area contributed by atoms with E-state index in [-0.39, 0.29) is 6.04 Å². The van der Waals surface area contributed by atoms with Gasteiger partial charge in [-0.25, -0.2) is 10.4 Å². The van der Waals surface area contributed by atoms with Crippen LogP contribution in [0, 0.1) is 0 Å². The first-order valence-corrected chi connectivity index (χ1v) is 9.32. The third-order valence-corrected chi connectivity index (χ3v) is 4.77. The lowest BCUT2D eigenvalue weighted by Crippen LogP contribution is -2.47. The van der Waals surface area contributed by atoms with Crippen LogP contribution in [0.15, 0.2) is 82.6 Å². The minimum absolute atomic E-state index is 0.146. The maximum absolute atomic E-state index is 6.04. The van der Waals surface area contributed by atoms with Gasteiger partial charge in [0.05, 0.1) is 6.54 Å². The number of amidine groups is 2. The van der Waals surface area contributed by atoms with E-state index in [0.29, 0.717) is 11.6 Å². The molecule has 0 amide bonds. The lowest BCUT2D eigenvalue weighted by atomic mass is 10.0. The molecule has 2 N–H and O–H groups in total. The Hall–Kier alpha value is -2.76. The van der Waals surface area contributed by atoms with Gasteiger partial charge in [-0.3, -0.25) is 9.98 Å². The molecule has 2 heterocycles. The molecule has 1 aromatic heterocycles. The number of hydrogen-bond acceptors (Lipinski definition) is 4. The number of aliphatic imine (C=N–C) groups is 2. The van der Waals surface area contributed by atoms with Gasteiger partial charge in [-0.15, -0.1) is 0 Å². The molecule has 27 heavy (non-hydrogen) atoms. The highest BCUT2D eigenvalue weighted by atomic mass is 35.5. The summed E-state index contributed by atoms with van der Waals surface area (Å²) in [7, 11) is 0. The molecule has 1 aliphatic carbocycles. The first kappa shape index (κ1) is 17.6. The van der Waals surface area contributed by atoms with Crippen molar-refractivity contribution in [2.75, 3.05) is 6.54 Å². The van der Waals surface area contributed by atoms with Crippen molar-refractivity contribution in [1.29, 1.82) is 0 Å². The second-order valence-corrected chi connectivity index (χ2v) is 6.85. The lowest BCUT2D eigenvalue weighted by molar-refractivity contribution is 0.592. The van der Waals surface area contributed by atoms with Crippen molar-refractivity contribution in [3.05, 3.63) is 88.7 Å². The zero-order chi connectivity index (χ0) is 18.5. The molecule has 5 nitrogen and oxygen atoms in total. The minimum atomic E-state index is -0.146. The summed E-state index contributed by atoms with van der Waals surface area (Å²) in [6.45, 7) is 0.651. The summed E-state index contributed by atoms with van der Waals surface area (Å²) in [5.41, 5.74) is 9.86. The van der Waals surface area contributed by atoms with Gasteiger partial charge in [-0.2, -0.15) is 0 Å². The molecule has 6 heteroatoms. The molecule has 0 saturated carbocycles. The third kappa shape index (κ3) is 4.32. The quantitative estimate of drug-likeness (QED) is 0.846. The molecule has 2 aromatic rings. The van der Waals surface area contributed by atoms with Crippen LogP contribution in [0.25, 0.3) is 0 Å². The maximum Gasteiger partial charge on any atom is 0.149 e. The largest absolute Gasteiger partial charge is 0.304 e. The van der Waals surface area contributed by atoms with Gasteiger partial charge < -0.3 is 5.43 Å². The smallest absolute Gasteiger partial charge is 0.149 e. The van der Waals surface area contributed by atoms with Crippen LogP contribution in [-0.2, 0) is 0 Å². The first-order chi connectivity index (χ1) is 13.3. The van der Waals surface area contributed by atoms with Crippen molar-refractivity contribution in [1.82, 2.24) is 15.8 Å². The van der Waals surface area contributed by atoms with Crippen LogP contribution in [0.3, 0.4) is 0 Å². The van der Waals surface area contributed by atoms with E-state index in [1.54, 1.807) is 12.4 Å². The highest BCUT2D eigenvalue weighted by molar-refractivity contribution is 6.30. The Morgan fingerprint density at radius 3 is 2.67 bits per heavy atom. The van der Waals surface area contributed by atoms with Crippen LogP contribution in [0.4, 0.5) is 0 Å². The van der Waals surface area contributed by atoms with Crippen molar-refractivity contribution in [2.45, 2.75) is 18.9 Å².